The fourth-order valence-electron chi connectivity index (χ4n) is 1.63. The molecule has 0 aromatic heterocycles. The van der Waals surface area contributed by atoms with Gasteiger partial charge in [-0.05, 0) is 30.3 Å². The third-order valence-corrected chi connectivity index (χ3v) is 2.97. The molecule has 0 radical (unpaired) electrons. The number of amides is 1. The van der Waals surface area contributed by atoms with Crippen LogP contribution in [0.1, 0.15) is 15.9 Å². The molecule has 7 nitrogen and oxygen atoms in total. The third-order valence-electron chi connectivity index (χ3n) is 2.72. The molecule has 0 fully saturated rings. The average Bonchev–Trinajstić information content (AvgIpc) is 2.49. The Balaban J connectivity index is 2.10. The lowest BCUT2D eigenvalue weighted by molar-refractivity contribution is -0.385. The molecule has 0 saturated heterocycles. The molecule has 0 aliphatic rings. The number of nitro groups is 1. The molecule has 0 aliphatic heterocycles. The maximum atomic E-state index is 11.8. The number of halogens is 1. The van der Waals surface area contributed by atoms with Crippen LogP contribution < -0.4 is 5.43 Å². The number of carbonyl (C=O) groups is 1. The van der Waals surface area contributed by atoms with Gasteiger partial charge in [-0.1, -0.05) is 17.7 Å². The van der Waals surface area contributed by atoms with Crippen LogP contribution >= 0.6 is 11.6 Å². The number of hydrazone groups is 1. The number of carbonyl (C=O) groups excluding carboxylic acids is 1. The molecular weight excluding hydrogens is 310 g/mol. The molecule has 0 heterocycles. The van der Waals surface area contributed by atoms with Gasteiger partial charge in [0.25, 0.3) is 5.91 Å². The quantitative estimate of drug-likeness (QED) is 0.513. The molecule has 0 saturated carbocycles. The molecule has 112 valence electrons. The summed E-state index contributed by atoms with van der Waals surface area (Å²) in [5.41, 5.74) is 2.28. The molecule has 2 rings (SSSR count). The predicted molar refractivity (Wildman–Crippen MR) is 81.3 cm³/mol. The molecule has 2 N–H and O–H groups in total. The highest BCUT2D eigenvalue weighted by Gasteiger charge is 2.15. The van der Waals surface area contributed by atoms with Gasteiger partial charge in [0, 0.05) is 22.2 Å². The Hall–Kier alpha value is -2.93. The van der Waals surface area contributed by atoms with E-state index in [1.807, 2.05) is 0 Å². The van der Waals surface area contributed by atoms with Gasteiger partial charge in [-0.25, -0.2) is 5.43 Å². The first-order valence-corrected chi connectivity index (χ1v) is 6.42. The van der Waals surface area contributed by atoms with Gasteiger partial charge in [-0.2, -0.15) is 5.10 Å². The third kappa shape index (κ3) is 3.58. The molecule has 0 aliphatic carbocycles. The molecule has 0 bridgehead atoms. The number of nitrogens with zero attached hydrogens (tertiary/aromatic N) is 2. The minimum Gasteiger partial charge on any atom is -0.502 e. The Bertz CT molecular complexity index is 744. The highest BCUT2D eigenvalue weighted by atomic mass is 35.5. The van der Waals surface area contributed by atoms with Crippen LogP contribution in [-0.4, -0.2) is 22.2 Å². The van der Waals surface area contributed by atoms with Crippen LogP contribution in [0.15, 0.2) is 47.6 Å². The van der Waals surface area contributed by atoms with Gasteiger partial charge >= 0.3 is 5.69 Å². The molecular formula is C14H10ClN3O4. The number of rotatable bonds is 4. The van der Waals surface area contributed by atoms with Crippen LogP contribution in [0.2, 0.25) is 5.02 Å². The number of benzene rings is 2. The van der Waals surface area contributed by atoms with Crippen LogP contribution in [0.5, 0.6) is 5.75 Å². The first-order valence-electron chi connectivity index (χ1n) is 6.04. The largest absolute Gasteiger partial charge is 0.502 e. The average molecular weight is 320 g/mol. The summed E-state index contributed by atoms with van der Waals surface area (Å²) < 4.78 is 0. The van der Waals surface area contributed by atoms with Crippen molar-refractivity contribution in [3.8, 4) is 5.75 Å². The summed E-state index contributed by atoms with van der Waals surface area (Å²) in [5.74, 6) is -0.991. The summed E-state index contributed by atoms with van der Waals surface area (Å²) in [6.07, 6.45) is 1.12. The first-order chi connectivity index (χ1) is 10.5. The Morgan fingerprint density at radius 3 is 2.59 bits per heavy atom. The minimum atomic E-state index is -0.709. The van der Waals surface area contributed by atoms with Gasteiger partial charge in [0.2, 0.25) is 5.75 Å². The van der Waals surface area contributed by atoms with E-state index in [1.165, 1.54) is 30.3 Å². The number of nitro benzene ring substituents is 1. The highest BCUT2D eigenvalue weighted by Crippen LogP contribution is 2.27. The van der Waals surface area contributed by atoms with Crippen molar-refractivity contribution in [2.45, 2.75) is 0 Å². The Morgan fingerprint density at radius 2 is 1.95 bits per heavy atom. The molecule has 8 heteroatoms. The summed E-state index contributed by atoms with van der Waals surface area (Å²) in [6, 6.07) is 10.2. The molecule has 1 amide bonds. The van der Waals surface area contributed by atoms with Crippen LogP contribution in [0.25, 0.3) is 0 Å². The van der Waals surface area contributed by atoms with Crippen molar-refractivity contribution in [3.63, 3.8) is 0 Å². The minimum absolute atomic E-state index is 0.116. The highest BCUT2D eigenvalue weighted by molar-refractivity contribution is 6.30. The van der Waals surface area contributed by atoms with Gasteiger partial charge in [-0.15, -0.1) is 0 Å². The Kier molecular flexibility index (Phi) is 4.70. The van der Waals surface area contributed by atoms with Crippen molar-refractivity contribution in [2.75, 3.05) is 0 Å². The van der Waals surface area contributed by atoms with Gasteiger partial charge in [0.05, 0.1) is 11.1 Å². The van der Waals surface area contributed by atoms with E-state index in [2.05, 4.69) is 10.5 Å². The zero-order valence-electron chi connectivity index (χ0n) is 11.1. The van der Waals surface area contributed by atoms with Crippen molar-refractivity contribution in [3.05, 3.63) is 68.7 Å². The molecule has 0 unspecified atom stereocenters. The maximum absolute atomic E-state index is 11.8. The lowest BCUT2D eigenvalue weighted by Crippen LogP contribution is -2.17. The normalized spacial score (nSPS) is 10.6. The van der Waals surface area contributed by atoms with E-state index in [1.54, 1.807) is 12.1 Å². The van der Waals surface area contributed by atoms with E-state index in [9.17, 15) is 20.0 Å². The summed E-state index contributed by atoms with van der Waals surface area (Å²) in [5, 5.41) is 24.6. The van der Waals surface area contributed by atoms with Crippen LogP contribution in [0.4, 0.5) is 5.69 Å². The SMILES string of the molecule is O=C(NN=Cc1cccc([N+](=O)[O-])c1O)c1ccc(Cl)cc1. The molecule has 22 heavy (non-hydrogen) atoms. The van der Waals surface area contributed by atoms with Crippen LogP contribution in [0, 0.1) is 10.1 Å². The smallest absolute Gasteiger partial charge is 0.311 e. The fourth-order valence-corrected chi connectivity index (χ4v) is 1.75. The fraction of sp³-hybridized carbons (Fsp3) is 0. The zero-order chi connectivity index (χ0) is 16.1. The van der Waals surface area contributed by atoms with Gasteiger partial charge < -0.3 is 5.11 Å². The summed E-state index contributed by atoms with van der Waals surface area (Å²) in [4.78, 5) is 21.7. The number of aromatic hydroxyl groups is 1. The van der Waals surface area contributed by atoms with E-state index >= 15 is 0 Å². The van der Waals surface area contributed by atoms with Crippen LogP contribution in [0.3, 0.4) is 0 Å². The Morgan fingerprint density at radius 1 is 1.27 bits per heavy atom. The summed E-state index contributed by atoms with van der Waals surface area (Å²) >= 11 is 5.71. The second kappa shape index (κ2) is 6.68. The van der Waals surface area contributed by atoms with Crippen molar-refractivity contribution >= 4 is 29.4 Å². The summed E-state index contributed by atoms with van der Waals surface area (Å²) in [7, 11) is 0. The van der Waals surface area contributed by atoms with Gasteiger partial charge in [0.15, 0.2) is 0 Å². The Labute approximate surface area is 130 Å². The second-order valence-corrected chi connectivity index (χ2v) is 4.61. The van der Waals surface area contributed by atoms with E-state index in [4.69, 9.17) is 11.6 Å². The molecule has 0 spiro atoms. The van der Waals surface area contributed by atoms with E-state index in [0.29, 0.717) is 10.6 Å². The standard InChI is InChI=1S/C14H10ClN3O4/c15-11-6-4-9(5-7-11)14(20)17-16-8-10-2-1-3-12(13(10)19)18(21)22/h1-8,19H,(H,17,20). The predicted octanol–water partition coefficient (Wildman–Crippen LogP) is 2.72. The number of hydrogen-bond donors (Lipinski definition) is 2. The number of para-hydroxylation sites is 1. The van der Waals surface area contributed by atoms with Crippen LogP contribution in [-0.2, 0) is 0 Å². The summed E-state index contributed by atoms with van der Waals surface area (Å²) in [6.45, 7) is 0. The molecule has 2 aromatic rings. The van der Waals surface area contributed by atoms with E-state index in [0.717, 1.165) is 6.21 Å². The topological polar surface area (TPSA) is 105 Å². The second-order valence-electron chi connectivity index (χ2n) is 4.18. The van der Waals surface area contributed by atoms with Crippen molar-refractivity contribution in [1.82, 2.24) is 5.43 Å². The molecule has 0 atom stereocenters. The van der Waals surface area contributed by atoms with E-state index < -0.39 is 22.3 Å². The number of hydrogen-bond acceptors (Lipinski definition) is 5. The number of phenolic OH excluding ortho intramolecular Hbond substituents is 1. The van der Waals surface area contributed by atoms with Gasteiger partial charge in [-0.3, -0.25) is 14.9 Å². The van der Waals surface area contributed by atoms with Gasteiger partial charge in [0.1, 0.15) is 0 Å². The van der Waals surface area contributed by atoms with E-state index in [-0.39, 0.29) is 5.56 Å². The lowest BCUT2D eigenvalue weighted by atomic mass is 10.2. The van der Waals surface area contributed by atoms with Crippen molar-refractivity contribution in [1.29, 1.82) is 0 Å². The first kappa shape index (κ1) is 15.5. The lowest BCUT2D eigenvalue weighted by Gasteiger charge is -2.01. The zero-order valence-corrected chi connectivity index (χ0v) is 11.8. The monoisotopic (exact) mass is 319 g/mol. The van der Waals surface area contributed by atoms with Crippen molar-refractivity contribution in [2.24, 2.45) is 5.10 Å². The number of nitrogens with one attached hydrogen (secondary N) is 1. The molecule has 2 aromatic carbocycles. The number of phenols is 1. The van der Waals surface area contributed by atoms with Crippen molar-refractivity contribution < 1.29 is 14.8 Å². The maximum Gasteiger partial charge on any atom is 0.311 e.